The van der Waals surface area contributed by atoms with E-state index in [2.05, 4.69) is 27.1 Å². The Morgan fingerprint density at radius 2 is 2.10 bits per heavy atom. The lowest BCUT2D eigenvalue weighted by molar-refractivity contribution is -0.127. The van der Waals surface area contributed by atoms with Crippen molar-refractivity contribution in [3.8, 4) is 11.4 Å². The highest BCUT2D eigenvalue weighted by Crippen LogP contribution is 2.32. The van der Waals surface area contributed by atoms with Gasteiger partial charge < -0.3 is 25.0 Å². The van der Waals surface area contributed by atoms with E-state index in [0.717, 1.165) is 55.2 Å². The molecule has 10 heteroatoms. The van der Waals surface area contributed by atoms with Crippen molar-refractivity contribution in [3.63, 3.8) is 0 Å². The highest BCUT2D eigenvalue weighted by Gasteiger charge is 2.27. The lowest BCUT2D eigenvalue weighted by Crippen LogP contribution is -2.38. The van der Waals surface area contributed by atoms with Gasteiger partial charge in [0.15, 0.2) is 0 Å². The lowest BCUT2D eigenvalue weighted by atomic mass is 10.0. The molecule has 1 atom stereocenters. The number of likely N-dealkylation sites (tertiary alicyclic amines) is 1. The highest BCUT2D eigenvalue weighted by atomic mass is 19.1. The molecule has 1 aliphatic rings. The van der Waals surface area contributed by atoms with Gasteiger partial charge in [0.1, 0.15) is 23.3 Å². The van der Waals surface area contributed by atoms with Crippen LogP contribution in [0.3, 0.4) is 0 Å². The van der Waals surface area contributed by atoms with Crippen molar-refractivity contribution in [1.29, 1.82) is 5.41 Å². The molecule has 4 rings (SSSR count). The molecule has 1 fully saturated rings. The van der Waals surface area contributed by atoms with Gasteiger partial charge in [-0.15, -0.1) is 0 Å². The average molecular weight is 533 g/mol. The van der Waals surface area contributed by atoms with Crippen LogP contribution in [0.15, 0.2) is 54.7 Å². The zero-order valence-electron chi connectivity index (χ0n) is 22.8. The van der Waals surface area contributed by atoms with Crippen LogP contribution in [0, 0.1) is 11.2 Å². The van der Waals surface area contributed by atoms with Crippen molar-refractivity contribution in [2.45, 2.75) is 25.8 Å². The molecular weight excluding hydrogens is 495 g/mol. The van der Waals surface area contributed by atoms with E-state index in [4.69, 9.17) is 10.4 Å². The van der Waals surface area contributed by atoms with Gasteiger partial charge in [0, 0.05) is 40.3 Å². The smallest absolute Gasteiger partial charge is 0.236 e. The van der Waals surface area contributed by atoms with Gasteiger partial charge in [-0.05, 0) is 61.7 Å². The zero-order chi connectivity index (χ0) is 27.8. The first-order valence-electron chi connectivity index (χ1n) is 13.3. The number of halogens is 1. The van der Waals surface area contributed by atoms with Crippen molar-refractivity contribution >= 4 is 23.6 Å². The number of rotatable bonds is 11. The summed E-state index contributed by atoms with van der Waals surface area (Å²) in [5.41, 5.74) is 2.46. The standard InChI is InChI=1S/C29H37FN8O/c1-4-37(17-15-32-20-29(39)36(2)3)28-12-6-10-23(35-28)24-19-33-27(34-24)14-13-26(31)38-16-7-11-25(38)21-8-5-9-22(30)18-21/h5-6,8-10,12-14,18-19,25,31-32H,4,7,11,15-17,20H2,1-3H3,(H,33,34)/b14-13-,31-26?. The predicted molar refractivity (Wildman–Crippen MR) is 153 cm³/mol. The molecule has 0 saturated carbocycles. The number of carbonyl (C=O) groups is 1. The number of benzene rings is 1. The first kappa shape index (κ1) is 28.0. The van der Waals surface area contributed by atoms with E-state index >= 15 is 0 Å². The zero-order valence-corrected chi connectivity index (χ0v) is 22.8. The number of amides is 1. The van der Waals surface area contributed by atoms with Gasteiger partial charge in [0.2, 0.25) is 5.91 Å². The third-order valence-corrected chi connectivity index (χ3v) is 6.84. The lowest BCUT2D eigenvalue weighted by Gasteiger charge is -2.26. The van der Waals surface area contributed by atoms with Gasteiger partial charge in [-0.1, -0.05) is 18.2 Å². The van der Waals surface area contributed by atoms with E-state index in [1.807, 2.05) is 29.2 Å². The summed E-state index contributed by atoms with van der Waals surface area (Å²) in [5, 5.41) is 11.8. The molecule has 9 nitrogen and oxygen atoms in total. The minimum Gasteiger partial charge on any atom is -0.356 e. The second-order valence-electron chi connectivity index (χ2n) is 9.73. The average Bonchev–Trinajstić information content (AvgIpc) is 3.62. The molecule has 0 aliphatic carbocycles. The van der Waals surface area contributed by atoms with Crippen LogP contribution in [0.2, 0.25) is 0 Å². The van der Waals surface area contributed by atoms with Crippen LogP contribution in [-0.2, 0) is 4.79 Å². The largest absolute Gasteiger partial charge is 0.356 e. The fourth-order valence-electron chi connectivity index (χ4n) is 4.67. The van der Waals surface area contributed by atoms with Crippen LogP contribution in [0.25, 0.3) is 17.5 Å². The SMILES string of the molecule is CCN(CCNCC(=O)N(C)C)c1cccc(-c2cnc(/C=C\C(=N)N3CCCC3c3cccc(F)c3)[nH]2)n1. The van der Waals surface area contributed by atoms with Gasteiger partial charge in [-0.2, -0.15) is 0 Å². The molecule has 0 bridgehead atoms. The molecule has 1 aliphatic heterocycles. The number of amidine groups is 1. The van der Waals surface area contributed by atoms with Crippen LogP contribution in [-0.4, -0.2) is 83.3 Å². The van der Waals surface area contributed by atoms with Crippen molar-refractivity contribution < 1.29 is 9.18 Å². The minimum absolute atomic E-state index is 0.00198. The molecular formula is C29H37FN8O. The molecule has 1 saturated heterocycles. The van der Waals surface area contributed by atoms with Gasteiger partial charge in [-0.25, -0.2) is 14.4 Å². The van der Waals surface area contributed by atoms with Crippen molar-refractivity contribution in [3.05, 3.63) is 71.9 Å². The maximum absolute atomic E-state index is 13.7. The Balaban J connectivity index is 1.38. The van der Waals surface area contributed by atoms with E-state index in [0.29, 0.717) is 24.7 Å². The Morgan fingerprint density at radius 3 is 2.87 bits per heavy atom. The summed E-state index contributed by atoms with van der Waals surface area (Å²) in [4.78, 5) is 30.1. The molecule has 0 radical (unpaired) electrons. The summed E-state index contributed by atoms with van der Waals surface area (Å²) >= 11 is 0. The fourth-order valence-corrected chi connectivity index (χ4v) is 4.67. The van der Waals surface area contributed by atoms with Crippen LogP contribution in [0.5, 0.6) is 0 Å². The number of hydrogen-bond acceptors (Lipinski definition) is 6. The first-order valence-corrected chi connectivity index (χ1v) is 13.3. The number of nitrogens with one attached hydrogen (secondary N) is 3. The van der Waals surface area contributed by atoms with Crippen LogP contribution in [0.4, 0.5) is 10.2 Å². The molecule has 206 valence electrons. The second kappa shape index (κ2) is 13.1. The number of H-pyrrole nitrogens is 1. The molecule has 2 aromatic heterocycles. The quantitative estimate of drug-likeness (QED) is 0.196. The molecule has 1 unspecified atom stereocenters. The summed E-state index contributed by atoms with van der Waals surface area (Å²) < 4.78 is 13.7. The Morgan fingerprint density at radius 1 is 1.28 bits per heavy atom. The number of pyridine rings is 1. The fraction of sp³-hybridized carbons (Fsp3) is 0.379. The molecule has 1 amide bonds. The number of carbonyl (C=O) groups excluding carboxylic acids is 1. The highest BCUT2D eigenvalue weighted by molar-refractivity contribution is 5.94. The maximum atomic E-state index is 13.7. The number of hydrogen-bond donors (Lipinski definition) is 3. The van der Waals surface area contributed by atoms with Crippen LogP contribution < -0.4 is 10.2 Å². The molecule has 1 aromatic carbocycles. The summed E-state index contributed by atoms with van der Waals surface area (Å²) in [6.45, 7) is 5.32. The summed E-state index contributed by atoms with van der Waals surface area (Å²) in [6, 6.07) is 12.5. The van der Waals surface area contributed by atoms with Crippen LogP contribution >= 0.6 is 0 Å². The monoisotopic (exact) mass is 532 g/mol. The van der Waals surface area contributed by atoms with Crippen molar-refractivity contribution in [1.82, 2.24) is 30.1 Å². The van der Waals surface area contributed by atoms with E-state index in [1.165, 1.54) is 6.07 Å². The normalized spacial score (nSPS) is 15.2. The van der Waals surface area contributed by atoms with E-state index < -0.39 is 0 Å². The molecule has 3 N–H and O–H groups in total. The number of imidazole rings is 1. The minimum atomic E-state index is -0.252. The number of nitrogens with zero attached hydrogens (tertiary/aromatic N) is 5. The summed E-state index contributed by atoms with van der Waals surface area (Å²) in [7, 11) is 3.49. The third-order valence-electron chi connectivity index (χ3n) is 6.84. The Labute approximate surface area is 229 Å². The Bertz CT molecular complexity index is 1300. The predicted octanol–water partition coefficient (Wildman–Crippen LogP) is 3.94. The Hall–Kier alpha value is -4.05. The summed E-state index contributed by atoms with van der Waals surface area (Å²) in [6.07, 6.45) is 7.12. The van der Waals surface area contributed by atoms with Crippen LogP contribution in [0.1, 0.15) is 37.2 Å². The van der Waals surface area contributed by atoms with Gasteiger partial charge in [0.25, 0.3) is 0 Å². The van der Waals surface area contributed by atoms with E-state index in [-0.39, 0.29) is 17.8 Å². The Kier molecular flexibility index (Phi) is 9.43. The number of aromatic nitrogens is 3. The molecule has 39 heavy (non-hydrogen) atoms. The van der Waals surface area contributed by atoms with Gasteiger partial charge in [0.05, 0.1) is 30.2 Å². The maximum Gasteiger partial charge on any atom is 0.236 e. The summed E-state index contributed by atoms with van der Waals surface area (Å²) in [5.74, 6) is 1.65. The second-order valence-corrected chi connectivity index (χ2v) is 9.73. The van der Waals surface area contributed by atoms with Crippen molar-refractivity contribution in [2.75, 3.05) is 51.7 Å². The number of likely N-dealkylation sites (N-methyl/N-ethyl adjacent to an activating group) is 2. The molecule has 3 heterocycles. The van der Waals surface area contributed by atoms with E-state index in [9.17, 15) is 9.18 Å². The van der Waals surface area contributed by atoms with Crippen molar-refractivity contribution in [2.24, 2.45) is 0 Å². The molecule has 3 aromatic rings. The van der Waals surface area contributed by atoms with E-state index in [1.54, 1.807) is 49.5 Å². The number of anilines is 1. The number of aromatic amines is 1. The van der Waals surface area contributed by atoms with Gasteiger partial charge >= 0.3 is 0 Å². The third kappa shape index (κ3) is 7.29. The first-order chi connectivity index (χ1) is 18.9. The van der Waals surface area contributed by atoms with Gasteiger partial charge in [-0.3, -0.25) is 10.2 Å². The molecule has 0 spiro atoms. The topological polar surface area (TPSA) is 104 Å².